The number of nitrogens with one attached hydrogen (secondary N) is 1. The summed E-state index contributed by atoms with van der Waals surface area (Å²) in [6.45, 7) is 4.09. The van der Waals surface area contributed by atoms with Crippen LogP contribution in [0.1, 0.15) is 20.3 Å². The fraction of sp³-hybridized carbons (Fsp3) is 0.538. The van der Waals surface area contributed by atoms with E-state index in [0.29, 0.717) is 24.3 Å². The highest BCUT2D eigenvalue weighted by atomic mass is 32.2. The fourth-order valence-corrected chi connectivity index (χ4v) is 5.32. The van der Waals surface area contributed by atoms with Gasteiger partial charge in [-0.05, 0) is 30.5 Å². The Hall–Kier alpha value is -1.28. The minimum Gasteiger partial charge on any atom is -0.283 e. The van der Waals surface area contributed by atoms with Gasteiger partial charge in [0, 0.05) is 6.54 Å². The molecule has 0 bridgehead atoms. The summed E-state index contributed by atoms with van der Waals surface area (Å²) in [6.07, 6.45) is 0.589. The summed E-state index contributed by atoms with van der Waals surface area (Å²) in [5, 5.41) is 0. The highest BCUT2D eigenvalue weighted by molar-refractivity contribution is 7.93. The van der Waals surface area contributed by atoms with Crippen LogP contribution < -0.4 is 9.03 Å². The Morgan fingerprint density at radius 2 is 2.05 bits per heavy atom. The summed E-state index contributed by atoms with van der Waals surface area (Å²) >= 11 is 0. The van der Waals surface area contributed by atoms with Crippen LogP contribution >= 0.6 is 0 Å². The molecule has 0 aromatic heterocycles. The van der Waals surface area contributed by atoms with E-state index < -0.39 is 20.0 Å². The Bertz CT molecular complexity index is 711. The lowest BCUT2D eigenvalue weighted by atomic mass is 10.3. The number of anilines is 2. The highest BCUT2D eigenvalue weighted by Gasteiger charge is 2.28. The van der Waals surface area contributed by atoms with Crippen LogP contribution in [0.3, 0.4) is 0 Å². The Balaban J connectivity index is 2.23. The molecule has 6 nitrogen and oxygen atoms in total. The molecule has 1 aromatic rings. The van der Waals surface area contributed by atoms with Crippen LogP contribution in [-0.2, 0) is 20.0 Å². The largest absolute Gasteiger partial charge is 0.283 e. The highest BCUT2D eigenvalue weighted by Crippen LogP contribution is 2.26. The van der Waals surface area contributed by atoms with Crippen LogP contribution in [0.25, 0.3) is 0 Å². The Morgan fingerprint density at radius 3 is 2.62 bits per heavy atom. The molecule has 0 aliphatic carbocycles. The monoisotopic (exact) mass is 332 g/mol. The molecule has 21 heavy (non-hydrogen) atoms. The zero-order valence-corrected chi connectivity index (χ0v) is 13.7. The van der Waals surface area contributed by atoms with Crippen molar-refractivity contribution in [3.8, 4) is 0 Å². The molecule has 0 unspecified atom stereocenters. The van der Waals surface area contributed by atoms with E-state index in [1.165, 1.54) is 4.31 Å². The van der Waals surface area contributed by atoms with E-state index in [9.17, 15) is 16.8 Å². The molecule has 1 heterocycles. The van der Waals surface area contributed by atoms with Gasteiger partial charge in [0.2, 0.25) is 20.0 Å². The minimum atomic E-state index is -3.42. The van der Waals surface area contributed by atoms with Crippen LogP contribution in [0.15, 0.2) is 24.3 Å². The summed E-state index contributed by atoms with van der Waals surface area (Å²) in [6, 6.07) is 6.49. The fourth-order valence-electron chi connectivity index (χ4n) is 2.31. The molecule has 0 spiro atoms. The van der Waals surface area contributed by atoms with E-state index in [1.807, 2.05) is 13.8 Å². The summed E-state index contributed by atoms with van der Waals surface area (Å²) in [5.74, 6) is 0.180. The number of nitrogens with zero attached hydrogens (tertiary/aromatic N) is 1. The first-order chi connectivity index (χ1) is 9.70. The molecular formula is C13H20N2O4S2. The van der Waals surface area contributed by atoms with Crippen molar-refractivity contribution in [2.24, 2.45) is 5.92 Å². The molecule has 118 valence electrons. The Labute approximate surface area is 126 Å². The molecule has 0 atom stereocenters. The van der Waals surface area contributed by atoms with Crippen molar-refractivity contribution in [1.82, 2.24) is 0 Å². The molecule has 1 aromatic carbocycles. The standard InChI is InChI=1S/C13H20N2O4S2/c1-11(2)10-20(16,17)14-12-5-3-6-13(9-12)15-7-4-8-21(15,18)19/h3,5-6,9,11,14H,4,7-8,10H2,1-2H3. The lowest BCUT2D eigenvalue weighted by molar-refractivity contribution is 0.587. The second-order valence-electron chi connectivity index (χ2n) is 5.57. The summed E-state index contributed by atoms with van der Waals surface area (Å²) in [7, 11) is -6.68. The van der Waals surface area contributed by atoms with Crippen LogP contribution in [-0.4, -0.2) is 34.9 Å². The molecule has 1 aliphatic rings. The summed E-state index contributed by atoms with van der Waals surface area (Å²) in [4.78, 5) is 0. The molecule has 1 fully saturated rings. The van der Waals surface area contributed by atoms with Gasteiger partial charge in [-0.2, -0.15) is 0 Å². The zero-order valence-electron chi connectivity index (χ0n) is 12.1. The van der Waals surface area contributed by atoms with E-state index in [4.69, 9.17) is 0 Å². The normalized spacial score (nSPS) is 18.1. The van der Waals surface area contributed by atoms with Crippen molar-refractivity contribution in [1.29, 1.82) is 0 Å². The van der Waals surface area contributed by atoms with Crippen molar-refractivity contribution in [2.45, 2.75) is 20.3 Å². The third-order valence-corrected chi connectivity index (χ3v) is 6.58. The molecule has 1 saturated heterocycles. The third-order valence-electron chi connectivity index (χ3n) is 3.06. The van der Waals surface area contributed by atoms with Crippen LogP contribution in [0.5, 0.6) is 0 Å². The lowest BCUT2D eigenvalue weighted by Gasteiger charge is -2.18. The smallest absolute Gasteiger partial charge is 0.235 e. The van der Waals surface area contributed by atoms with E-state index in [0.717, 1.165) is 0 Å². The van der Waals surface area contributed by atoms with E-state index in [1.54, 1.807) is 24.3 Å². The Kier molecular flexibility index (Phi) is 4.48. The molecule has 0 amide bonds. The average molecular weight is 332 g/mol. The first-order valence-electron chi connectivity index (χ1n) is 6.80. The van der Waals surface area contributed by atoms with Crippen LogP contribution in [0, 0.1) is 5.92 Å². The second kappa shape index (κ2) is 5.84. The van der Waals surface area contributed by atoms with Crippen LogP contribution in [0.4, 0.5) is 11.4 Å². The van der Waals surface area contributed by atoms with Gasteiger partial charge < -0.3 is 0 Å². The van der Waals surface area contributed by atoms with Crippen molar-refractivity contribution >= 4 is 31.4 Å². The summed E-state index contributed by atoms with van der Waals surface area (Å²) < 4.78 is 51.5. The number of benzene rings is 1. The molecule has 0 radical (unpaired) electrons. The quantitative estimate of drug-likeness (QED) is 0.888. The predicted octanol–water partition coefficient (Wildman–Crippen LogP) is 1.62. The average Bonchev–Trinajstić information content (AvgIpc) is 2.66. The molecule has 0 saturated carbocycles. The van der Waals surface area contributed by atoms with Gasteiger partial charge in [-0.1, -0.05) is 19.9 Å². The van der Waals surface area contributed by atoms with E-state index >= 15 is 0 Å². The van der Waals surface area contributed by atoms with Gasteiger partial charge in [0.25, 0.3) is 0 Å². The maximum Gasteiger partial charge on any atom is 0.235 e. The first kappa shape index (κ1) is 16.1. The van der Waals surface area contributed by atoms with Gasteiger partial charge in [-0.15, -0.1) is 0 Å². The van der Waals surface area contributed by atoms with Crippen molar-refractivity contribution < 1.29 is 16.8 Å². The summed E-state index contributed by atoms with van der Waals surface area (Å²) in [5.41, 5.74) is 0.882. The van der Waals surface area contributed by atoms with E-state index in [2.05, 4.69) is 4.72 Å². The van der Waals surface area contributed by atoms with Gasteiger partial charge in [0.15, 0.2) is 0 Å². The lowest BCUT2D eigenvalue weighted by Crippen LogP contribution is -2.25. The molecule has 1 N–H and O–H groups in total. The number of sulfonamides is 2. The third kappa shape index (κ3) is 4.10. The predicted molar refractivity (Wildman–Crippen MR) is 84.4 cm³/mol. The Morgan fingerprint density at radius 1 is 1.33 bits per heavy atom. The van der Waals surface area contributed by atoms with E-state index in [-0.39, 0.29) is 17.4 Å². The van der Waals surface area contributed by atoms with Crippen molar-refractivity contribution in [2.75, 3.05) is 27.1 Å². The molecule has 8 heteroatoms. The van der Waals surface area contributed by atoms with Gasteiger partial charge in [-0.3, -0.25) is 9.03 Å². The topological polar surface area (TPSA) is 83.6 Å². The second-order valence-corrected chi connectivity index (χ2v) is 9.35. The van der Waals surface area contributed by atoms with Gasteiger partial charge >= 0.3 is 0 Å². The number of rotatable bonds is 5. The molecule has 2 rings (SSSR count). The zero-order chi connectivity index (χ0) is 15.7. The SMILES string of the molecule is CC(C)CS(=O)(=O)Nc1cccc(N2CCCS2(=O)=O)c1. The van der Waals surface area contributed by atoms with Gasteiger partial charge in [0.05, 0.1) is 22.9 Å². The first-order valence-corrected chi connectivity index (χ1v) is 10.1. The van der Waals surface area contributed by atoms with Crippen molar-refractivity contribution in [3.05, 3.63) is 24.3 Å². The van der Waals surface area contributed by atoms with Gasteiger partial charge in [0.1, 0.15) is 0 Å². The molecular weight excluding hydrogens is 312 g/mol. The maximum absolute atomic E-state index is 11.9. The van der Waals surface area contributed by atoms with Gasteiger partial charge in [-0.25, -0.2) is 16.8 Å². The minimum absolute atomic E-state index is 0.0182. The van der Waals surface area contributed by atoms with Crippen LogP contribution in [0.2, 0.25) is 0 Å². The molecule has 1 aliphatic heterocycles. The maximum atomic E-state index is 11.9. The number of hydrogen-bond acceptors (Lipinski definition) is 4. The number of hydrogen-bond donors (Lipinski definition) is 1. The van der Waals surface area contributed by atoms with Crippen molar-refractivity contribution in [3.63, 3.8) is 0 Å².